The van der Waals surface area contributed by atoms with Crippen molar-refractivity contribution in [2.45, 2.75) is 25.9 Å². The molecule has 1 aliphatic rings. The van der Waals surface area contributed by atoms with Gasteiger partial charge in [0.25, 0.3) is 0 Å². The molecule has 2 heterocycles. The van der Waals surface area contributed by atoms with Crippen LogP contribution in [0.15, 0.2) is 10.9 Å². The minimum atomic E-state index is 0.588. The van der Waals surface area contributed by atoms with E-state index in [1.54, 1.807) is 11.3 Å². The predicted octanol–water partition coefficient (Wildman–Crippen LogP) is 1.66. The monoisotopic (exact) mass is 212 g/mol. The molecule has 1 aromatic heterocycles. The maximum atomic E-state index is 5.40. The Kier molecular flexibility index (Phi) is 3.50. The molecule has 0 aromatic carbocycles. The van der Waals surface area contributed by atoms with Gasteiger partial charge in [-0.15, -0.1) is 11.3 Å². The molecule has 1 N–H and O–H groups in total. The van der Waals surface area contributed by atoms with E-state index >= 15 is 0 Å². The molecule has 1 aromatic rings. The normalized spacial score (nSPS) is 27.8. The van der Waals surface area contributed by atoms with Gasteiger partial charge in [0.1, 0.15) is 0 Å². The first-order valence-corrected chi connectivity index (χ1v) is 5.99. The molecular formula is C10H16N2OS. The van der Waals surface area contributed by atoms with Gasteiger partial charge in [-0.3, -0.25) is 0 Å². The van der Waals surface area contributed by atoms with Gasteiger partial charge in [-0.25, -0.2) is 4.98 Å². The lowest BCUT2D eigenvalue weighted by Crippen LogP contribution is -2.41. The van der Waals surface area contributed by atoms with Gasteiger partial charge in [0.15, 0.2) is 0 Å². The van der Waals surface area contributed by atoms with Crippen LogP contribution in [-0.2, 0) is 11.3 Å². The number of ether oxygens (including phenoxy) is 1. The molecule has 0 aliphatic carbocycles. The molecular weight excluding hydrogens is 196 g/mol. The molecule has 2 unspecified atom stereocenters. The molecule has 1 saturated heterocycles. The van der Waals surface area contributed by atoms with E-state index in [-0.39, 0.29) is 0 Å². The van der Waals surface area contributed by atoms with Crippen LogP contribution in [0.5, 0.6) is 0 Å². The van der Waals surface area contributed by atoms with E-state index in [1.165, 1.54) is 0 Å². The number of hydrogen-bond acceptors (Lipinski definition) is 4. The fourth-order valence-electron chi connectivity index (χ4n) is 1.74. The van der Waals surface area contributed by atoms with Gasteiger partial charge in [0, 0.05) is 24.6 Å². The van der Waals surface area contributed by atoms with E-state index < -0.39 is 0 Å². The van der Waals surface area contributed by atoms with Crippen molar-refractivity contribution in [3.63, 3.8) is 0 Å². The number of rotatable bonds is 3. The second kappa shape index (κ2) is 4.87. The number of aromatic nitrogens is 1. The Bertz CT molecular complexity index is 263. The van der Waals surface area contributed by atoms with Gasteiger partial charge in [0.2, 0.25) is 0 Å². The Balaban J connectivity index is 1.79. The highest BCUT2D eigenvalue weighted by atomic mass is 32.1. The maximum absolute atomic E-state index is 5.40. The fraction of sp³-hybridized carbons (Fsp3) is 0.700. The summed E-state index contributed by atoms with van der Waals surface area (Å²) in [5.41, 5.74) is 3.03. The predicted molar refractivity (Wildman–Crippen MR) is 57.3 cm³/mol. The van der Waals surface area contributed by atoms with Gasteiger partial charge in [0.05, 0.1) is 17.8 Å². The molecule has 1 fully saturated rings. The lowest BCUT2D eigenvalue weighted by Gasteiger charge is -2.29. The van der Waals surface area contributed by atoms with Gasteiger partial charge in [-0.2, -0.15) is 0 Å². The van der Waals surface area contributed by atoms with Crippen molar-refractivity contribution in [1.29, 1.82) is 0 Å². The van der Waals surface area contributed by atoms with Crippen LogP contribution >= 0.6 is 11.3 Å². The molecule has 0 radical (unpaired) electrons. The Labute approximate surface area is 88.5 Å². The summed E-state index contributed by atoms with van der Waals surface area (Å²) in [5, 5.41) is 5.63. The van der Waals surface area contributed by atoms with E-state index in [2.05, 4.69) is 22.6 Å². The highest BCUT2D eigenvalue weighted by molar-refractivity contribution is 7.07. The van der Waals surface area contributed by atoms with Crippen LogP contribution < -0.4 is 5.32 Å². The minimum Gasteiger partial charge on any atom is -0.381 e. The third-order valence-electron chi connectivity index (χ3n) is 2.67. The molecule has 3 nitrogen and oxygen atoms in total. The lowest BCUT2D eigenvalue weighted by atomic mass is 9.98. The van der Waals surface area contributed by atoms with Crippen molar-refractivity contribution < 1.29 is 4.74 Å². The summed E-state index contributed by atoms with van der Waals surface area (Å²) >= 11 is 1.65. The zero-order chi connectivity index (χ0) is 9.80. The van der Waals surface area contributed by atoms with E-state index in [4.69, 9.17) is 4.74 Å². The summed E-state index contributed by atoms with van der Waals surface area (Å²) in [7, 11) is 0. The Hall–Kier alpha value is -0.450. The van der Waals surface area contributed by atoms with E-state index in [0.717, 1.165) is 31.9 Å². The molecule has 0 amide bonds. The van der Waals surface area contributed by atoms with Crippen LogP contribution in [0, 0.1) is 5.92 Å². The van der Waals surface area contributed by atoms with Crippen LogP contribution in [-0.4, -0.2) is 24.2 Å². The van der Waals surface area contributed by atoms with Crippen LogP contribution in [0.1, 0.15) is 19.0 Å². The molecule has 0 spiro atoms. The molecule has 0 saturated carbocycles. The molecule has 0 bridgehead atoms. The average Bonchev–Trinajstić information content (AvgIpc) is 2.69. The van der Waals surface area contributed by atoms with Gasteiger partial charge >= 0.3 is 0 Å². The fourth-order valence-corrected chi connectivity index (χ4v) is 2.30. The standard InChI is InChI=1S/C10H16N2OS/c1-8-5-13-3-2-10(8)11-4-9-6-14-7-12-9/h6-8,10-11H,2-5H2,1H3. The lowest BCUT2D eigenvalue weighted by molar-refractivity contribution is 0.0385. The summed E-state index contributed by atoms with van der Waals surface area (Å²) in [6.45, 7) is 4.89. The number of nitrogens with one attached hydrogen (secondary N) is 1. The van der Waals surface area contributed by atoms with Gasteiger partial charge in [-0.1, -0.05) is 6.92 Å². The van der Waals surface area contributed by atoms with E-state index in [1.807, 2.05) is 5.51 Å². The topological polar surface area (TPSA) is 34.1 Å². The first-order valence-electron chi connectivity index (χ1n) is 5.04. The van der Waals surface area contributed by atoms with Crippen LogP contribution in [0.25, 0.3) is 0 Å². The summed E-state index contributed by atoms with van der Waals surface area (Å²) < 4.78 is 5.40. The zero-order valence-electron chi connectivity index (χ0n) is 8.40. The number of hydrogen-bond donors (Lipinski definition) is 1. The molecule has 14 heavy (non-hydrogen) atoms. The molecule has 1 aliphatic heterocycles. The molecule has 2 rings (SSSR count). The maximum Gasteiger partial charge on any atom is 0.0795 e. The molecule has 4 heteroatoms. The summed E-state index contributed by atoms with van der Waals surface area (Å²) in [6.07, 6.45) is 1.12. The van der Waals surface area contributed by atoms with Crippen molar-refractivity contribution in [1.82, 2.24) is 10.3 Å². The van der Waals surface area contributed by atoms with E-state index in [9.17, 15) is 0 Å². The van der Waals surface area contributed by atoms with Crippen molar-refractivity contribution in [2.75, 3.05) is 13.2 Å². The summed E-state index contributed by atoms with van der Waals surface area (Å²) in [4.78, 5) is 4.25. The number of nitrogens with zero attached hydrogens (tertiary/aromatic N) is 1. The summed E-state index contributed by atoms with van der Waals surface area (Å²) in [5.74, 6) is 0.613. The van der Waals surface area contributed by atoms with E-state index in [0.29, 0.717) is 12.0 Å². The second-order valence-corrected chi connectivity index (χ2v) is 4.53. The minimum absolute atomic E-state index is 0.588. The Morgan fingerprint density at radius 1 is 1.71 bits per heavy atom. The third kappa shape index (κ3) is 2.53. The van der Waals surface area contributed by atoms with Crippen LogP contribution in [0.3, 0.4) is 0 Å². The highest BCUT2D eigenvalue weighted by Gasteiger charge is 2.20. The largest absolute Gasteiger partial charge is 0.381 e. The summed E-state index contributed by atoms with van der Waals surface area (Å²) in [6, 6.07) is 0.588. The zero-order valence-corrected chi connectivity index (χ0v) is 9.22. The average molecular weight is 212 g/mol. The highest BCUT2D eigenvalue weighted by Crippen LogP contribution is 2.14. The van der Waals surface area contributed by atoms with Crippen molar-refractivity contribution >= 4 is 11.3 Å². The Morgan fingerprint density at radius 3 is 3.36 bits per heavy atom. The number of thiazole rings is 1. The Morgan fingerprint density at radius 2 is 2.64 bits per heavy atom. The third-order valence-corrected chi connectivity index (χ3v) is 3.30. The molecule has 2 atom stereocenters. The molecule has 78 valence electrons. The van der Waals surface area contributed by atoms with Crippen molar-refractivity contribution in [3.05, 3.63) is 16.6 Å². The van der Waals surface area contributed by atoms with Crippen LogP contribution in [0.2, 0.25) is 0 Å². The van der Waals surface area contributed by atoms with Crippen molar-refractivity contribution in [2.24, 2.45) is 5.92 Å². The smallest absolute Gasteiger partial charge is 0.0795 e. The van der Waals surface area contributed by atoms with Gasteiger partial charge in [-0.05, 0) is 12.3 Å². The SMILES string of the molecule is CC1COCCC1NCc1cscn1. The van der Waals surface area contributed by atoms with Gasteiger partial charge < -0.3 is 10.1 Å². The van der Waals surface area contributed by atoms with Crippen molar-refractivity contribution in [3.8, 4) is 0 Å². The quantitative estimate of drug-likeness (QED) is 0.827. The first kappa shape index (κ1) is 10.1. The second-order valence-electron chi connectivity index (χ2n) is 3.81. The first-order chi connectivity index (χ1) is 6.86. The van der Waals surface area contributed by atoms with Crippen LogP contribution in [0.4, 0.5) is 0 Å².